The van der Waals surface area contributed by atoms with Gasteiger partial charge in [0.15, 0.2) is 5.16 Å². The van der Waals surface area contributed by atoms with Crippen molar-refractivity contribution in [3.8, 4) is 5.69 Å². The highest BCUT2D eigenvalue weighted by atomic mass is 32.2. The molecule has 1 amide bonds. The number of nitrogens with one attached hydrogen (secondary N) is 1. The highest BCUT2D eigenvalue weighted by Gasteiger charge is 2.25. The fourth-order valence-corrected chi connectivity index (χ4v) is 7.11. The Morgan fingerprint density at radius 1 is 1.05 bits per heavy atom. The van der Waals surface area contributed by atoms with Crippen LogP contribution < -0.4 is 10.9 Å². The predicted octanol–water partition coefficient (Wildman–Crippen LogP) is 4.73. The average molecular weight is 530 g/mol. The van der Waals surface area contributed by atoms with Gasteiger partial charge in [0.05, 0.1) is 16.8 Å². The summed E-state index contributed by atoms with van der Waals surface area (Å²) in [5.74, 6) is 0.657. The second-order valence-corrected chi connectivity index (χ2v) is 11.4. The fourth-order valence-electron chi connectivity index (χ4n) is 4.91. The Morgan fingerprint density at radius 2 is 1.84 bits per heavy atom. The van der Waals surface area contributed by atoms with E-state index in [9.17, 15) is 9.59 Å². The lowest BCUT2D eigenvalue weighted by Crippen LogP contribution is -2.27. The van der Waals surface area contributed by atoms with Crippen LogP contribution in [0.4, 0.5) is 0 Å². The molecule has 188 valence electrons. The van der Waals surface area contributed by atoms with Crippen LogP contribution in [0.1, 0.15) is 34.4 Å². The van der Waals surface area contributed by atoms with Gasteiger partial charge in [-0.25, -0.2) is 8.97 Å². The molecule has 2 aromatic carbocycles. The van der Waals surface area contributed by atoms with Gasteiger partial charge in [0.2, 0.25) is 11.7 Å². The molecule has 0 saturated heterocycles. The maximum absolute atomic E-state index is 13.9. The first-order valence-electron chi connectivity index (χ1n) is 12.5. The first-order valence-corrected chi connectivity index (χ1v) is 14.4. The summed E-state index contributed by atoms with van der Waals surface area (Å²) in [6, 6.07) is 18.0. The van der Waals surface area contributed by atoms with Gasteiger partial charge in [-0.3, -0.25) is 9.59 Å². The van der Waals surface area contributed by atoms with Crippen molar-refractivity contribution in [2.45, 2.75) is 44.2 Å². The van der Waals surface area contributed by atoms with E-state index in [4.69, 9.17) is 0 Å². The van der Waals surface area contributed by atoms with Crippen molar-refractivity contribution in [2.75, 3.05) is 12.3 Å². The number of benzene rings is 2. The number of hydrogen-bond donors (Lipinski definition) is 1. The van der Waals surface area contributed by atoms with Crippen LogP contribution in [0.3, 0.4) is 0 Å². The fraction of sp³-hybridized carbons (Fsp3) is 0.286. The minimum Gasteiger partial charge on any atom is -0.355 e. The van der Waals surface area contributed by atoms with E-state index in [2.05, 4.69) is 27.6 Å². The van der Waals surface area contributed by atoms with E-state index in [0.717, 1.165) is 53.6 Å². The molecule has 1 aliphatic rings. The van der Waals surface area contributed by atoms with Crippen LogP contribution in [-0.2, 0) is 24.1 Å². The summed E-state index contributed by atoms with van der Waals surface area (Å²) in [6.07, 6.45) is 4.93. The molecule has 37 heavy (non-hydrogen) atoms. The van der Waals surface area contributed by atoms with Crippen molar-refractivity contribution in [1.82, 2.24) is 24.5 Å². The summed E-state index contributed by atoms with van der Waals surface area (Å²) in [4.78, 5) is 28.7. The molecule has 0 spiro atoms. The molecule has 3 aromatic heterocycles. The lowest BCUT2D eigenvalue weighted by atomic mass is 9.97. The molecule has 9 heteroatoms. The summed E-state index contributed by atoms with van der Waals surface area (Å²) in [6.45, 7) is 2.61. The lowest BCUT2D eigenvalue weighted by molar-refractivity contribution is -0.118. The molecular formula is C28H27N5O2S2. The minimum atomic E-state index is -0.0498. The van der Waals surface area contributed by atoms with Crippen molar-refractivity contribution in [3.63, 3.8) is 0 Å². The third kappa shape index (κ3) is 4.57. The Hall–Kier alpha value is -3.43. The monoisotopic (exact) mass is 529 g/mol. The van der Waals surface area contributed by atoms with Gasteiger partial charge in [0.1, 0.15) is 4.83 Å². The maximum Gasteiger partial charge on any atom is 0.268 e. The van der Waals surface area contributed by atoms with Crippen molar-refractivity contribution >= 4 is 45.0 Å². The number of rotatable bonds is 7. The van der Waals surface area contributed by atoms with Gasteiger partial charge in [-0.2, -0.15) is 0 Å². The molecule has 0 atom stereocenters. The van der Waals surface area contributed by atoms with Crippen LogP contribution >= 0.6 is 23.1 Å². The highest BCUT2D eigenvalue weighted by Crippen LogP contribution is 2.36. The molecule has 0 fully saturated rings. The van der Waals surface area contributed by atoms with Crippen LogP contribution in [-0.4, -0.2) is 37.4 Å². The second kappa shape index (κ2) is 10.1. The Bertz CT molecular complexity index is 1650. The number of amides is 1. The average Bonchev–Trinajstić information content (AvgIpc) is 3.51. The number of thioether (sulfide) groups is 1. The molecule has 0 bridgehead atoms. The topological polar surface area (TPSA) is 81.3 Å². The first kappa shape index (κ1) is 23.9. The Labute approximate surface area is 222 Å². The molecule has 0 saturated carbocycles. The molecule has 1 N–H and O–H groups in total. The van der Waals surface area contributed by atoms with Gasteiger partial charge >= 0.3 is 0 Å². The minimum absolute atomic E-state index is 0.0478. The van der Waals surface area contributed by atoms with Gasteiger partial charge in [0.25, 0.3) is 5.56 Å². The van der Waals surface area contributed by atoms with E-state index in [0.29, 0.717) is 17.5 Å². The van der Waals surface area contributed by atoms with E-state index < -0.39 is 0 Å². The Kier molecular flexibility index (Phi) is 6.56. The lowest BCUT2D eigenvalue weighted by Gasteiger charge is -2.12. The van der Waals surface area contributed by atoms with Gasteiger partial charge in [-0.1, -0.05) is 59.8 Å². The van der Waals surface area contributed by atoms with Crippen LogP contribution in [0, 0.1) is 6.92 Å². The van der Waals surface area contributed by atoms with Gasteiger partial charge in [0, 0.05) is 11.4 Å². The van der Waals surface area contributed by atoms with E-state index >= 15 is 0 Å². The number of aromatic nitrogens is 4. The molecule has 0 radical (unpaired) electrons. The molecule has 7 nitrogen and oxygen atoms in total. The maximum atomic E-state index is 13.9. The number of aryl methyl sites for hydroxylation is 3. The summed E-state index contributed by atoms with van der Waals surface area (Å²) in [5, 5.41) is 13.3. The predicted molar refractivity (Wildman–Crippen MR) is 149 cm³/mol. The molecular weight excluding hydrogens is 502 g/mol. The number of hydrogen-bond acceptors (Lipinski definition) is 6. The zero-order chi connectivity index (χ0) is 25.4. The third-order valence-electron chi connectivity index (χ3n) is 6.79. The van der Waals surface area contributed by atoms with Crippen LogP contribution in [0.5, 0.6) is 0 Å². The van der Waals surface area contributed by atoms with Gasteiger partial charge in [-0.15, -0.1) is 21.5 Å². The van der Waals surface area contributed by atoms with Crippen molar-refractivity contribution in [3.05, 3.63) is 86.5 Å². The summed E-state index contributed by atoms with van der Waals surface area (Å²) in [5.41, 5.74) is 4.20. The van der Waals surface area contributed by atoms with E-state index in [1.54, 1.807) is 15.9 Å². The molecule has 0 unspecified atom stereocenters. The third-order valence-corrected chi connectivity index (χ3v) is 9.00. The molecule has 3 heterocycles. The standard InChI is InChI=1S/C28H27N5O2S2/c1-18-11-13-20(14-12-18)32-25(35)24-21-9-5-6-10-22(21)37-26(24)33-27(32)30-31-28(33)36-17-23(34)29-16-15-19-7-3-2-4-8-19/h2-4,7-8,11-14H,5-6,9-10,15-17H2,1H3,(H,29,34). The Balaban J connectivity index is 1.35. The summed E-state index contributed by atoms with van der Waals surface area (Å²) < 4.78 is 3.64. The first-order chi connectivity index (χ1) is 18.1. The van der Waals surface area contributed by atoms with E-state index in [-0.39, 0.29) is 17.2 Å². The second-order valence-electron chi connectivity index (χ2n) is 9.36. The number of thiophene rings is 1. The van der Waals surface area contributed by atoms with Crippen LogP contribution in [0.2, 0.25) is 0 Å². The van der Waals surface area contributed by atoms with Crippen molar-refractivity contribution in [2.24, 2.45) is 0 Å². The van der Waals surface area contributed by atoms with Crippen molar-refractivity contribution < 1.29 is 4.79 Å². The van der Waals surface area contributed by atoms with E-state index in [1.807, 2.05) is 53.8 Å². The van der Waals surface area contributed by atoms with Crippen LogP contribution in [0.15, 0.2) is 64.5 Å². The van der Waals surface area contributed by atoms with Gasteiger partial charge < -0.3 is 5.32 Å². The molecule has 0 aliphatic heterocycles. The SMILES string of the molecule is Cc1ccc(-n2c(=O)c3c4c(sc3n3c(SCC(=O)NCCc5ccccc5)nnc23)CCCC4)cc1. The summed E-state index contributed by atoms with van der Waals surface area (Å²) in [7, 11) is 0. The van der Waals surface area contributed by atoms with E-state index in [1.165, 1.54) is 27.8 Å². The largest absolute Gasteiger partial charge is 0.355 e. The zero-order valence-electron chi connectivity index (χ0n) is 20.6. The quantitative estimate of drug-likeness (QED) is 0.308. The molecule has 6 rings (SSSR count). The highest BCUT2D eigenvalue weighted by molar-refractivity contribution is 7.99. The number of fused-ring (bicyclic) bond motifs is 5. The number of carbonyl (C=O) groups excluding carboxylic acids is 1. The molecule has 5 aromatic rings. The zero-order valence-corrected chi connectivity index (χ0v) is 22.2. The number of nitrogens with zero attached hydrogens (tertiary/aromatic N) is 4. The van der Waals surface area contributed by atoms with Crippen LogP contribution in [0.25, 0.3) is 21.7 Å². The smallest absolute Gasteiger partial charge is 0.268 e. The normalized spacial score (nSPS) is 13.2. The summed E-state index contributed by atoms with van der Waals surface area (Å²) >= 11 is 3.02. The van der Waals surface area contributed by atoms with Crippen molar-refractivity contribution in [1.29, 1.82) is 0 Å². The number of carbonyl (C=O) groups is 1. The Morgan fingerprint density at radius 3 is 2.65 bits per heavy atom. The molecule has 1 aliphatic carbocycles. The van der Waals surface area contributed by atoms with Gasteiger partial charge in [-0.05, 0) is 62.3 Å².